The molecule has 32 heavy (non-hydrogen) atoms. The number of aryl methyl sites for hydroxylation is 1. The van der Waals surface area contributed by atoms with Crippen molar-refractivity contribution in [3.63, 3.8) is 0 Å². The van der Waals surface area contributed by atoms with Gasteiger partial charge in [0.05, 0.1) is 0 Å². The maximum absolute atomic E-state index is 8.53. The Hall–Kier alpha value is -1.24. The van der Waals surface area contributed by atoms with Crippen LogP contribution in [0.3, 0.4) is 0 Å². The van der Waals surface area contributed by atoms with Crippen molar-refractivity contribution in [3.8, 4) is 0 Å². The summed E-state index contributed by atoms with van der Waals surface area (Å²) in [4.78, 5) is 17.1. The van der Waals surface area contributed by atoms with E-state index in [1.807, 2.05) is 0 Å². The van der Waals surface area contributed by atoms with Gasteiger partial charge in [-0.05, 0) is 70.0 Å². The number of aliphatic hydroxyl groups is 1. The summed E-state index contributed by atoms with van der Waals surface area (Å²) in [7, 11) is 2.21. The Balaban J connectivity index is 0.000000230. The second-order valence-corrected chi connectivity index (χ2v) is 10.4. The third-order valence-electron chi connectivity index (χ3n) is 8.09. The molecule has 2 aliphatic carbocycles. The predicted molar refractivity (Wildman–Crippen MR) is 131 cm³/mol. The molecule has 1 aromatic rings. The average Bonchev–Trinajstić information content (AvgIpc) is 3.29. The zero-order chi connectivity index (χ0) is 22.2. The van der Waals surface area contributed by atoms with Gasteiger partial charge in [-0.3, -0.25) is 4.90 Å². The first-order valence-corrected chi connectivity index (χ1v) is 13.4. The fourth-order valence-electron chi connectivity index (χ4n) is 5.67. The SMILES string of the molecule is CN1CCCc2nc(N3CCN(C4CCC4)CC3)ncc2CC1.OCCCC1CCCC1. The fourth-order valence-corrected chi connectivity index (χ4v) is 5.67. The number of hydrogen-bond acceptors (Lipinski definition) is 6. The van der Waals surface area contributed by atoms with Crippen LogP contribution < -0.4 is 4.90 Å². The summed E-state index contributed by atoms with van der Waals surface area (Å²) >= 11 is 0. The predicted octanol–water partition coefficient (Wildman–Crippen LogP) is 3.52. The summed E-state index contributed by atoms with van der Waals surface area (Å²) in [5.74, 6) is 1.92. The first-order chi connectivity index (χ1) is 15.7. The standard InChI is InChI=1S/C18H29N5.C8H16O/c1-21-8-3-6-17-15(7-9-21)14-19-18(20-17)23-12-10-22(11-13-23)16-4-2-5-16;9-7-3-6-8-4-1-2-5-8/h14,16H,2-13H2,1H3;8-9H,1-7H2. The fraction of sp³-hybridized carbons (Fsp3) is 0.846. The Morgan fingerprint density at radius 1 is 0.906 bits per heavy atom. The van der Waals surface area contributed by atoms with Crippen LogP contribution in [0.4, 0.5) is 5.95 Å². The molecule has 0 amide bonds. The normalized spacial score (nSPS) is 23.6. The van der Waals surface area contributed by atoms with Crippen molar-refractivity contribution in [1.29, 1.82) is 0 Å². The summed E-state index contributed by atoms with van der Waals surface area (Å²) < 4.78 is 0. The van der Waals surface area contributed by atoms with Crippen molar-refractivity contribution < 1.29 is 5.11 Å². The van der Waals surface area contributed by atoms with Crippen LogP contribution in [-0.4, -0.2) is 83.8 Å². The highest BCUT2D eigenvalue weighted by Crippen LogP contribution is 2.28. The third-order valence-corrected chi connectivity index (χ3v) is 8.09. The number of aliphatic hydroxyl groups excluding tert-OH is 1. The maximum Gasteiger partial charge on any atom is 0.225 e. The van der Waals surface area contributed by atoms with Gasteiger partial charge in [-0.2, -0.15) is 0 Å². The number of fused-ring (bicyclic) bond motifs is 1. The van der Waals surface area contributed by atoms with E-state index in [1.54, 1.807) is 0 Å². The van der Waals surface area contributed by atoms with E-state index in [0.29, 0.717) is 6.61 Å². The number of hydrogen-bond donors (Lipinski definition) is 1. The highest BCUT2D eigenvalue weighted by molar-refractivity contribution is 5.34. The molecule has 0 atom stereocenters. The van der Waals surface area contributed by atoms with Crippen LogP contribution in [0.1, 0.15) is 75.5 Å². The maximum atomic E-state index is 8.53. The Bertz CT molecular complexity index is 681. The Morgan fingerprint density at radius 2 is 1.69 bits per heavy atom. The van der Waals surface area contributed by atoms with Crippen LogP contribution in [0, 0.1) is 5.92 Å². The van der Waals surface area contributed by atoms with E-state index in [4.69, 9.17) is 15.1 Å². The van der Waals surface area contributed by atoms with E-state index in [2.05, 4.69) is 27.9 Å². The highest BCUT2D eigenvalue weighted by atomic mass is 16.2. The van der Waals surface area contributed by atoms with Gasteiger partial charge in [-0.1, -0.05) is 32.1 Å². The van der Waals surface area contributed by atoms with Gasteiger partial charge < -0.3 is 14.9 Å². The second-order valence-electron chi connectivity index (χ2n) is 10.4. The van der Waals surface area contributed by atoms with Crippen molar-refractivity contribution >= 4 is 5.95 Å². The van der Waals surface area contributed by atoms with Crippen molar-refractivity contribution in [1.82, 2.24) is 19.8 Å². The molecule has 0 spiro atoms. The number of likely N-dealkylation sites (N-methyl/N-ethyl adjacent to an activating group) is 1. The molecule has 1 N–H and O–H groups in total. The molecule has 3 fully saturated rings. The molecule has 0 aromatic carbocycles. The van der Waals surface area contributed by atoms with Crippen molar-refractivity contribution in [3.05, 3.63) is 17.5 Å². The first kappa shape index (κ1) is 23.9. The van der Waals surface area contributed by atoms with Crippen LogP contribution in [0.2, 0.25) is 0 Å². The van der Waals surface area contributed by atoms with Gasteiger partial charge in [-0.15, -0.1) is 0 Å². The van der Waals surface area contributed by atoms with E-state index in [9.17, 15) is 0 Å². The Labute approximate surface area is 195 Å². The summed E-state index contributed by atoms with van der Waals surface area (Å²) in [5, 5.41) is 8.53. The zero-order valence-electron chi connectivity index (χ0n) is 20.4. The van der Waals surface area contributed by atoms with Crippen molar-refractivity contribution in [2.24, 2.45) is 5.92 Å². The quantitative estimate of drug-likeness (QED) is 0.751. The topological polar surface area (TPSA) is 55.7 Å². The largest absolute Gasteiger partial charge is 0.396 e. The molecule has 3 heterocycles. The molecular weight excluding hydrogens is 398 g/mol. The first-order valence-electron chi connectivity index (χ1n) is 13.4. The highest BCUT2D eigenvalue weighted by Gasteiger charge is 2.28. The van der Waals surface area contributed by atoms with Gasteiger partial charge in [0.2, 0.25) is 5.95 Å². The molecule has 6 nitrogen and oxygen atoms in total. The molecule has 0 unspecified atom stereocenters. The van der Waals surface area contributed by atoms with Crippen molar-refractivity contribution in [2.45, 2.75) is 83.1 Å². The van der Waals surface area contributed by atoms with Crippen LogP contribution in [0.5, 0.6) is 0 Å². The molecule has 1 aromatic heterocycles. The molecule has 5 rings (SSSR count). The summed E-state index contributed by atoms with van der Waals surface area (Å²) in [6.45, 7) is 7.20. The number of piperazine rings is 1. The van der Waals surface area contributed by atoms with E-state index in [-0.39, 0.29) is 0 Å². The molecule has 0 bridgehead atoms. The van der Waals surface area contributed by atoms with Crippen LogP contribution >= 0.6 is 0 Å². The van der Waals surface area contributed by atoms with Gasteiger partial charge in [0.15, 0.2) is 0 Å². The number of aromatic nitrogens is 2. The van der Waals surface area contributed by atoms with Gasteiger partial charge >= 0.3 is 0 Å². The van der Waals surface area contributed by atoms with Gasteiger partial charge in [0.1, 0.15) is 0 Å². The lowest BCUT2D eigenvalue weighted by atomic mass is 9.91. The van der Waals surface area contributed by atoms with Crippen molar-refractivity contribution in [2.75, 3.05) is 57.8 Å². The van der Waals surface area contributed by atoms with Gasteiger partial charge in [0, 0.05) is 57.3 Å². The second kappa shape index (κ2) is 12.3. The minimum Gasteiger partial charge on any atom is -0.396 e. The average molecular weight is 444 g/mol. The van der Waals surface area contributed by atoms with Gasteiger partial charge in [-0.25, -0.2) is 9.97 Å². The van der Waals surface area contributed by atoms with Crippen LogP contribution in [0.25, 0.3) is 0 Å². The lowest BCUT2D eigenvalue weighted by molar-refractivity contribution is 0.120. The lowest BCUT2D eigenvalue weighted by Crippen LogP contribution is -2.52. The summed E-state index contributed by atoms with van der Waals surface area (Å²) in [5.41, 5.74) is 2.65. The molecule has 6 heteroatoms. The molecule has 1 saturated heterocycles. The van der Waals surface area contributed by atoms with E-state index < -0.39 is 0 Å². The van der Waals surface area contributed by atoms with E-state index in [0.717, 1.165) is 56.8 Å². The molecular formula is C26H45N5O. The van der Waals surface area contributed by atoms with E-state index >= 15 is 0 Å². The molecule has 0 radical (unpaired) electrons. The summed E-state index contributed by atoms with van der Waals surface area (Å²) in [6.07, 6.45) is 17.7. The van der Waals surface area contributed by atoms with Gasteiger partial charge in [0.25, 0.3) is 0 Å². The monoisotopic (exact) mass is 443 g/mol. The lowest BCUT2D eigenvalue weighted by Gasteiger charge is -2.43. The molecule has 4 aliphatic rings. The zero-order valence-corrected chi connectivity index (χ0v) is 20.4. The molecule has 180 valence electrons. The van der Waals surface area contributed by atoms with Crippen LogP contribution in [-0.2, 0) is 12.8 Å². The number of rotatable bonds is 5. The minimum atomic E-state index is 0.385. The summed E-state index contributed by atoms with van der Waals surface area (Å²) in [6, 6.07) is 0.867. The third kappa shape index (κ3) is 6.64. The van der Waals surface area contributed by atoms with Crippen LogP contribution in [0.15, 0.2) is 6.20 Å². The number of anilines is 1. The van der Waals surface area contributed by atoms with E-state index in [1.165, 1.54) is 88.7 Å². The molecule has 2 saturated carbocycles. The number of nitrogens with zero attached hydrogens (tertiary/aromatic N) is 5. The Morgan fingerprint density at radius 3 is 2.38 bits per heavy atom. The smallest absolute Gasteiger partial charge is 0.225 e. The Kier molecular flexibility index (Phi) is 9.18. The molecule has 2 aliphatic heterocycles. The minimum absolute atomic E-state index is 0.385.